The highest BCUT2D eigenvalue weighted by Gasteiger charge is 2.10. The number of halogens is 1. The molecular weight excluding hydrogens is 376 g/mol. The van der Waals surface area contributed by atoms with Crippen molar-refractivity contribution in [2.24, 2.45) is 5.10 Å². The molecule has 0 fully saturated rings. The van der Waals surface area contributed by atoms with Crippen molar-refractivity contribution in [3.63, 3.8) is 0 Å². The molecule has 7 heteroatoms. The van der Waals surface area contributed by atoms with Crippen LogP contribution in [0.3, 0.4) is 0 Å². The topological polar surface area (TPSA) is 68.5 Å². The van der Waals surface area contributed by atoms with Crippen molar-refractivity contribution < 1.29 is 4.74 Å². The third-order valence-corrected chi connectivity index (χ3v) is 4.35. The second-order valence-electron chi connectivity index (χ2n) is 6.03. The molecule has 0 atom stereocenters. The van der Waals surface area contributed by atoms with E-state index < -0.39 is 5.56 Å². The summed E-state index contributed by atoms with van der Waals surface area (Å²) in [5.74, 6) is 0.755. The molecule has 3 rings (SSSR count). The van der Waals surface area contributed by atoms with E-state index in [4.69, 9.17) is 16.3 Å². The predicted octanol–water partition coefficient (Wildman–Crippen LogP) is 4.51. The largest absolute Gasteiger partial charge is 0.493 e. The number of unbranched alkanes of at least 4 members (excludes halogenated alkanes) is 1. The smallest absolute Gasteiger partial charge is 0.292 e. The lowest BCUT2D eigenvalue weighted by molar-refractivity contribution is 0.309. The van der Waals surface area contributed by atoms with Crippen LogP contribution in [0.15, 0.2) is 70.7 Å². The minimum absolute atomic E-state index is 0.0171. The number of nitrogens with zero attached hydrogens (tertiary/aromatic N) is 3. The van der Waals surface area contributed by atoms with Crippen LogP contribution in [0.25, 0.3) is 5.69 Å². The van der Waals surface area contributed by atoms with Crippen LogP contribution >= 0.6 is 11.6 Å². The Hall–Kier alpha value is -3.12. The molecule has 0 saturated carbocycles. The quantitative estimate of drug-likeness (QED) is 0.345. The Labute approximate surface area is 168 Å². The number of nitrogens with one attached hydrogen (secondary N) is 1. The van der Waals surface area contributed by atoms with Crippen LogP contribution < -0.4 is 15.7 Å². The van der Waals surface area contributed by atoms with Gasteiger partial charge in [0.1, 0.15) is 16.5 Å². The zero-order chi connectivity index (χ0) is 19.8. The van der Waals surface area contributed by atoms with Crippen molar-refractivity contribution >= 4 is 23.5 Å². The number of hydrogen-bond acceptors (Lipinski definition) is 5. The first-order valence-electron chi connectivity index (χ1n) is 9.05. The zero-order valence-corrected chi connectivity index (χ0v) is 16.3. The lowest BCUT2D eigenvalue weighted by Gasteiger charge is -2.09. The molecule has 0 amide bonds. The van der Waals surface area contributed by atoms with Crippen LogP contribution in [0.1, 0.15) is 25.3 Å². The Bertz CT molecular complexity index is 1000. The van der Waals surface area contributed by atoms with Crippen molar-refractivity contribution in [1.29, 1.82) is 0 Å². The fraction of sp³-hybridized carbons (Fsp3) is 0.190. The molecule has 0 unspecified atom stereocenters. The summed E-state index contributed by atoms with van der Waals surface area (Å²) >= 11 is 6.21. The monoisotopic (exact) mass is 396 g/mol. The van der Waals surface area contributed by atoms with Gasteiger partial charge in [0.2, 0.25) is 0 Å². The normalized spacial score (nSPS) is 10.9. The summed E-state index contributed by atoms with van der Waals surface area (Å²) < 4.78 is 7.02. The van der Waals surface area contributed by atoms with Crippen molar-refractivity contribution in [1.82, 2.24) is 9.78 Å². The second kappa shape index (κ2) is 9.71. The fourth-order valence-corrected chi connectivity index (χ4v) is 2.65. The second-order valence-corrected chi connectivity index (χ2v) is 6.41. The van der Waals surface area contributed by atoms with E-state index in [2.05, 4.69) is 22.5 Å². The van der Waals surface area contributed by atoms with Crippen molar-refractivity contribution in [3.05, 3.63) is 81.7 Å². The highest BCUT2D eigenvalue weighted by Crippen LogP contribution is 2.18. The maximum Gasteiger partial charge on any atom is 0.292 e. The molecule has 0 saturated heterocycles. The fourth-order valence-electron chi connectivity index (χ4n) is 2.48. The standard InChI is InChI=1S/C21H21ClN4O2/c1-2-3-13-28-19-12-8-7-9-16(19)14-23-25-18-15-24-26(21(27)20(18)22)17-10-5-4-6-11-17/h4-12,14-15,25H,2-3,13H2,1H3/b23-14+. The molecular formula is C21H21ClN4O2. The molecule has 1 N–H and O–H groups in total. The Kier molecular flexibility index (Phi) is 6.81. The zero-order valence-electron chi connectivity index (χ0n) is 15.5. The van der Waals surface area contributed by atoms with Gasteiger partial charge in [-0.05, 0) is 30.7 Å². The molecule has 1 aromatic heterocycles. The van der Waals surface area contributed by atoms with Gasteiger partial charge < -0.3 is 4.74 Å². The number of benzene rings is 2. The molecule has 0 aliphatic heterocycles. The van der Waals surface area contributed by atoms with E-state index in [9.17, 15) is 4.79 Å². The molecule has 0 aliphatic carbocycles. The molecule has 144 valence electrons. The Morgan fingerprint density at radius 2 is 1.93 bits per heavy atom. The summed E-state index contributed by atoms with van der Waals surface area (Å²) in [6.07, 6.45) is 5.15. The van der Waals surface area contributed by atoms with Gasteiger partial charge in [-0.15, -0.1) is 0 Å². The van der Waals surface area contributed by atoms with Gasteiger partial charge in [-0.25, -0.2) is 0 Å². The number of rotatable bonds is 8. The maximum atomic E-state index is 12.5. The number of ether oxygens (including phenoxy) is 1. The van der Waals surface area contributed by atoms with Gasteiger partial charge in [-0.1, -0.05) is 55.3 Å². The van der Waals surface area contributed by atoms with Crippen LogP contribution in [0.5, 0.6) is 5.75 Å². The number of aromatic nitrogens is 2. The highest BCUT2D eigenvalue weighted by atomic mass is 35.5. The SMILES string of the molecule is CCCCOc1ccccc1/C=N/Nc1cnn(-c2ccccc2)c(=O)c1Cl. The minimum atomic E-state index is -0.420. The third-order valence-electron chi connectivity index (χ3n) is 3.98. The lowest BCUT2D eigenvalue weighted by Crippen LogP contribution is -2.22. The van der Waals surface area contributed by atoms with Crippen LogP contribution in [-0.4, -0.2) is 22.6 Å². The number of hydrazone groups is 1. The van der Waals surface area contributed by atoms with Gasteiger partial charge in [0.15, 0.2) is 0 Å². The van der Waals surface area contributed by atoms with Crippen LogP contribution in [0, 0.1) is 0 Å². The van der Waals surface area contributed by atoms with E-state index in [0.29, 0.717) is 18.0 Å². The van der Waals surface area contributed by atoms with E-state index in [1.165, 1.54) is 10.9 Å². The third kappa shape index (κ3) is 4.78. The van der Waals surface area contributed by atoms with Crippen molar-refractivity contribution in [2.75, 3.05) is 12.0 Å². The van der Waals surface area contributed by atoms with Crippen molar-refractivity contribution in [2.45, 2.75) is 19.8 Å². The van der Waals surface area contributed by atoms with Gasteiger partial charge in [0.05, 0.1) is 24.7 Å². The average molecular weight is 397 g/mol. The van der Waals surface area contributed by atoms with E-state index >= 15 is 0 Å². The van der Waals surface area contributed by atoms with Gasteiger partial charge in [0, 0.05) is 5.56 Å². The van der Waals surface area contributed by atoms with Gasteiger partial charge in [-0.3, -0.25) is 10.2 Å². The number of para-hydroxylation sites is 2. The van der Waals surface area contributed by atoms with Gasteiger partial charge in [0.25, 0.3) is 5.56 Å². The van der Waals surface area contributed by atoms with Crippen LogP contribution in [-0.2, 0) is 0 Å². The summed E-state index contributed by atoms with van der Waals surface area (Å²) in [6, 6.07) is 16.7. The summed E-state index contributed by atoms with van der Waals surface area (Å²) in [4.78, 5) is 12.5. The summed E-state index contributed by atoms with van der Waals surface area (Å²) in [6.45, 7) is 2.77. The first kappa shape index (κ1) is 19.6. The molecule has 1 heterocycles. The van der Waals surface area contributed by atoms with E-state index in [-0.39, 0.29) is 5.02 Å². The maximum absolute atomic E-state index is 12.5. The molecule has 0 bridgehead atoms. The molecule has 28 heavy (non-hydrogen) atoms. The lowest BCUT2D eigenvalue weighted by atomic mass is 10.2. The molecule has 0 radical (unpaired) electrons. The summed E-state index contributed by atoms with van der Waals surface area (Å²) in [5.41, 5.74) is 4.16. The molecule has 0 aliphatic rings. The van der Waals surface area contributed by atoms with E-state index in [0.717, 1.165) is 24.2 Å². The highest BCUT2D eigenvalue weighted by molar-refractivity contribution is 6.32. The van der Waals surface area contributed by atoms with Crippen molar-refractivity contribution in [3.8, 4) is 11.4 Å². The Morgan fingerprint density at radius 3 is 2.71 bits per heavy atom. The average Bonchev–Trinajstić information content (AvgIpc) is 2.73. The Morgan fingerprint density at radius 1 is 1.18 bits per heavy atom. The first-order chi connectivity index (χ1) is 13.7. The molecule has 2 aromatic carbocycles. The minimum Gasteiger partial charge on any atom is -0.493 e. The summed E-state index contributed by atoms with van der Waals surface area (Å²) in [5, 5.41) is 8.36. The Balaban J connectivity index is 1.75. The van der Waals surface area contributed by atoms with E-state index in [1.807, 2.05) is 42.5 Å². The van der Waals surface area contributed by atoms with Gasteiger partial charge >= 0.3 is 0 Å². The molecule has 6 nitrogen and oxygen atoms in total. The predicted molar refractivity (Wildman–Crippen MR) is 113 cm³/mol. The van der Waals surface area contributed by atoms with E-state index in [1.54, 1.807) is 18.3 Å². The van der Waals surface area contributed by atoms with Crippen LogP contribution in [0.2, 0.25) is 5.02 Å². The molecule has 3 aromatic rings. The molecule has 0 spiro atoms. The summed E-state index contributed by atoms with van der Waals surface area (Å²) in [7, 11) is 0. The number of anilines is 1. The van der Waals surface area contributed by atoms with Crippen LogP contribution in [0.4, 0.5) is 5.69 Å². The number of hydrogen-bond donors (Lipinski definition) is 1. The first-order valence-corrected chi connectivity index (χ1v) is 9.42. The van der Waals surface area contributed by atoms with Gasteiger partial charge in [-0.2, -0.15) is 14.9 Å².